The molecule has 0 N–H and O–H groups in total. The number of carbonyl (C=O) groups excluding carboxylic acids is 1. The Kier molecular flexibility index (Phi) is 4.32. The molecular weight excluding hydrogens is 306 g/mol. The van der Waals surface area contributed by atoms with E-state index in [2.05, 4.69) is 20.9 Å². The van der Waals surface area contributed by atoms with E-state index in [1.165, 1.54) is 0 Å². The molecule has 0 aliphatic carbocycles. The van der Waals surface area contributed by atoms with Crippen molar-refractivity contribution in [1.29, 1.82) is 0 Å². The Morgan fingerprint density at radius 1 is 1.26 bits per heavy atom. The Labute approximate surface area is 120 Å². The Morgan fingerprint density at radius 2 is 2.00 bits per heavy atom. The normalized spacial score (nSPS) is 10.3. The molecule has 19 heavy (non-hydrogen) atoms. The van der Waals surface area contributed by atoms with Crippen LogP contribution in [0.3, 0.4) is 0 Å². The fourth-order valence-corrected chi connectivity index (χ4v) is 2.15. The summed E-state index contributed by atoms with van der Waals surface area (Å²) in [6.45, 7) is 3.97. The van der Waals surface area contributed by atoms with Crippen LogP contribution < -0.4 is 4.74 Å². The molecule has 4 heteroatoms. The zero-order valence-corrected chi connectivity index (χ0v) is 12.4. The van der Waals surface area contributed by atoms with Crippen molar-refractivity contribution >= 4 is 22.2 Å². The number of aryl methyl sites for hydroxylation is 2. The van der Waals surface area contributed by atoms with E-state index < -0.39 is 0 Å². The van der Waals surface area contributed by atoms with Gasteiger partial charge in [0.1, 0.15) is 11.5 Å². The van der Waals surface area contributed by atoms with E-state index >= 15 is 0 Å². The van der Waals surface area contributed by atoms with E-state index in [0.717, 1.165) is 28.6 Å². The molecule has 1 heterocycles. The first-order valence-corrected chi connectivity index (χ1v) is 6.82. The van der Waals surface area contributed by atoms with Gasteiger partial charge in [0.05, 0.1) is 11.3 Å². The lowest BCUT2D eigenvalue weighted by atomic mass is 10.2. The Bertz CT molecular complexity index is 611. The van der Waals surface area contributed by atoms with Crippen LogP contribution in [-0.2, 0) is 6.42 Å². The molecule has 0 spiro atoms. The average molecular weight is 320 g/mol. The number of aldehydes is 1. The molecule has 3 nitrogen and oxygen atoms in total. The molecule has 1 aromatic carbocycles. The van der Waals surface area contributed by atoms with Crippen LogP contribution in [0, 0.1) is 6.92 Å². The third-order valence-corrected chi connectivity index (χ3v) is 3.22. The molecule has 0 amide bonds. The number of hydrogen-bond acceptors (Lipinski definition) is 3. The summed E-state index contributed by atoms with van der Waals surface area (Å²) in [6, 6.07) is 9.13. The van der Waals surface area contributed by atoms with Crippen LogP contribution in [0.4, 0.5) is 0 Å². The highest BCUT2D eigenvalue weighted by atomic mass is 79.9. The second-order valence-corrected chi connectivity index (χ2v) is 5.07. The van der Waals surface area contributed by atoms with Gasteiger partial charge in [0, 0.05) is 10.2 Å². The molecule has 0 aliphatic heterocycles. The summed E-state index contributed by atoms with van der Waals surface area (Å²) >= 11 is 3.33. The number of benzene rings is 1. The molecule has 0 bridgehead atoms. The topological polar surface area (TPSA) is 39.2 Å². The number of aromatic nitrogens is 1. The third-order valence-electron chi connectivity index (χ3n) is 2.73. The van der Waals surface area contributed by atoms with Gasteiger partial charge in [-0.05, 0) is 43.7 Å². The SMILES string of the molecule is CCc1nc(C)ccc1Oc1ccc(Br)cc1C=O. The summed E-state index contributed by atoms with van der Waals surface area (Å²) in [5.74, 6) is 1.23. The zero-order chi connectivity index (χ0) is 13.8. The molecule has 0 fully saturated rings. The number of rotatable bonds is 4. The van der Waals surface area contributed by atoms with Gasteiger partial charge in [-0.15, -0.1) is 0 Å². The fourth-order valence-electron chi connectivity index (χ4n) is 1.77. The van der Waals surface area contributed by atoms with Crippen LogP contribution in [0.5, 0.6) is 11.5 Å². The largest absolute Gasteiger partial charge is 0.455 e. The highest BCUT2D eigenvalue weighted by molar-refractivity contribution is 9.10. The molecule has 1 aromatic heterocycles. The number of carbonyl (C=O) groups is 1. The van der Waals surface area contributed by atoms with E-state index in [-0.39, 0.29) is 0 Å². The summed E-state index contributed by atoms with van der Waals surface area (Å²) in [4.78, 5) is 15.5. The smallest absolute Gasteiger partial charge is 0.153 e. The molecule has 0 atom stereocenters. The molecule has 0 saturated heterocycles. The van der Waals surface area contributed by atoms with Crippen molar-refractivity contribution < 1.29 is 9.53 Å². The third kappa shape index (κ3) is 3.20. The minimum absolute atomic E-state index is 0.511. The zero-order valence-electron chi connectivity index (χ0n) is 10.8. The van der Waals surface area contributed by atoms with E-state index in [0.29, 0.717) is 17.1 Å². The van der Waals surface area contributed by atoms with Crippen molar-refractivity contribution in [2.24, 2.45) is 0 Å². The summed E-state index contributed by atoms with van der Waals surface area (Å²) in [7, 11) is 0. The predicted molar refractivity (Wildman–Crippen MR) is 78.0 cm³/mol. The number of halogens is 1. The van der Waals surface area contributed by atoms with Crippen LogP contribution in [-0.4, -0.2) is 11.3 Å². The van der Waals surface area contributed by atoms with Gasteiger partial charge in [-0.25, -0.2) is 0 Å². The molecule has 2 aromatic rings. The number of hydrogen-bond donors (Lipinski definition) is 0. The summed E-state index contributed by atoms with van der Waals surface area (Å²) < 4.78 is 6.66. The predicted octanol–water partition coefficient (Wildman–Crippen LogP) is 4.32. The van der Waals surface area contributed by atoms with E-state index in [9.17, 15) is 4.79 Å². The molecule has 0 unspecified atom stereocenters. The Balaban J connectivity index is 2.38. The van der Waals surface area contributed by atoms with E-state index in [4.69, 9.17) is 4.74 Å². The van der Waals surface area contributed by atoms with Crippen molar-refractivity contribution in [2.45, 2.75) is 20.3 Å². The minimum Gasteiger partial charge on any atom is -0.455 e. The van der Waals surface area contributed by atoms with Crippen LogP contribution in [0.2, 0.25) is 0 Å². The maximum Gasteiger partial charge on any atom is 0.153 e. The van der Waals surface area contributed by atoms with Gasteiger partial charge in [0.25, 0.3) is 0 Å². The highest BCUT2D eigenvalue weighted by Crippen LogP contribution is 2.29. The lowest BCUT2D eigenvalue weighted by Crippen LogP contribution is -1.97. The van der Waals surface area contributed by atoms with E-state index in [1.807, 2.05) is 32.0 Å². The van der Waals surface area contributed by atoms with Gasteiger partial charge < -0.3 is 4.74 Å². The maximum absolute atomic E-state index is 11.1. The van der Waals surface area contributed by atoms with E-state index in [1.54, 1.807) is 12.1 Å². The number of ether oxygens (including phenoxy) is 1. The van der Waals surface area contributed by atoms with Crippen molar-refractivity contribution in [3.63, 3.8) is 0 Å². The Hall–Kier alpha value is -1.68. The van der Waals surface area contributed by atoms with Gasteiger partial charge in [-0.1, -0.05) is 22.9 Å². The minimum atomic E-state index is 0.511. The lowest BCUT2D eigenvalue weighted by Gasteiger charge is -2.11. The summed E-state index contributed by atoms with van der Waals surface area (Å²) in [6.07, 6.45) is 1.57. The standard InChI is InChI=1S/C15H14BrNO2/c1-3-13-15(6-4-10(2)17-13)19-14-7-5-12(16)8-11(14)9-18/h4-9H,3H2,1-2H3. The van der Waals surface area contributed by atoms with Crippen LogP contribution >= 0.6 is 15.9 Å². The van der Waals surface area contributed by atoms with Crippen LogP contribution in [0.15, 0.2) is 34.8 Å². The summed E-state index contributed by atoms with van der Waals surface area (Å²) in [5, 5.41) is 0. The maximum atomic E-state index is 11.1. The number of nitrogens with zero attached hydrogens (tertiary/aromatic N) is 1. The van der Waals surface area contributed by atoms with Gasteiger partial charge in [0.15, 0.2) is 6.29 Å². The van der Waals surface area contributed by atoms with Crippen LogP contribution in [0.1, 0.15) is 28.7 Å². The van der Waals surface area contributed by atoms with Crippen molar-refractivity contribution in [3.05, 3.63) is 51.8 Å². The van der Waals surface area contributed by atoms with Crippen molar-refractivity contribution in [1.82, 2.24) is 4.98 Å². The Morgan fingerprint density at radius 3 is 2.68 bits per heavy atom. The monoisotopic (exact) mass is 319 g/mol. The molecule has 2 rings (SSSR count). The average Bonchev–Trinajstić information content (AvgIpc) is 2.42. The second kappa shape index (κ2) is 5.97. The molecule has 0 radical (unpaired) electrons. The molecule has 0 saturated carbocycles. The first kappa shape index (κ1) is 13.7. The quantitative estimate of drug-likeness (QED) is 0.788. The van der Waals surface area contributed by atoms with Crippen molar-refractivity contribution in [2.75, 3.05) is 0 Å². The summed E-state index contributed by atoms with van der Waals surface area (Å²) in [5.41, 5.74) is 2.35. The number of pyridine rings is 1. The van der Waals surface area contributed by atoms with Gasteiger partial charge >= 0.3 is 0 Å². The molecule has 98 valence electrons. The van der Waals surface area contributed by atoms with Gasteiger partial charge in [0.2, 0.25) is 0 Å². The van der Waals surface area contributed by atoms with Gasteiger partial charge in [-0.3, -0.25) is 9.78 Å². The van der Waals surface area contributed by atoms with Gasteiger partial charge in [-0.2, -0.15) is 0 Å². The molecule has 0 aliphatic rings. The first-order chi connectivity index (χ1) is 9.13. The fraction of sp³-hybridized carbons (Fsp3) is 0.200. The first-order valence-electron chi connectivity index (χ1n) is 6.03. The van der Waals surface area contributed by atoms with Crippen molar-refractivity contribution in [3.8, 4) is 11.5 Å². The molecular formula is C15H14BrNO2. The second-order valence-electron chi connectivity index (χ2n) is 4.15. The lowest BCUT2D eigenvalue weighted by molar-refractivity contribution is 0.112. The highest BCUT2D eigenvalue weighted by Gasteiger charge is 2.09. The van der Waals surface area contributed by atoms with Crippen LogP contribution in [0.25, 0.3) is 0 Å².